The predicted octanol–water partition coefficient (Wildman–Crippen LogP) is 3.27. The maximum absolute atomic E-state index is 13.1. The summed E-state index contributed by atoms with van der Waals surface area (Å²) < 4.78 is 17.7. The van der Waals surface area contributed by atoms with Gasteiger partial charge in [-0.1, -0.05) is 33.3 Å². The van der Waals surface area contributed by atoms with E-state index in [9.17, 15) is 9.59 Å². The molecule has 2 saturated heterocycles. The summed E-state index contributed by atoms with van der Waals surface area (Å²) in [6.45, 7) is 10.3. The fourth-order valence-electron chi connectivity index (χ4n) is 5.55. The van der Waals surface area contributed by atoms with Crippen molar-refractivity contribution >= 4 is 11.9 Å². The van der Waals surface area contributed by atoms with Gasteiger partial charge in [0.05, 0.1) is 6.10 Å². The molecule has 4 aliphatic rings. The lowest BCUT2D eigenvalue weighted by Crippen LogP contribution is -2.48. The number of ether oxygens (including phenoxy) is 3. The van der Waals surface area contributed by atoms with E-state index >= 15 is 0 Å². The molecule has 5 heteroatoms. The number of hydrogen-bond acceptors (Lipinski definition) is 5. The van der Waals surface area contributed by atoms with Crippen molar-refractivity contribution in [2.75, 3.05) is 0 Å². The monoisotopic (exact) mass is 362 g/mol. The number of carbonyl (C=O) groups excluding carboxylic acids is 2. The van der Waals surface area contributed by atoms with Crippen molar-refractivity contribution in [1.29, 1.82) is 0 Å². The molecule has 0 aromatic heterocycles. The van der Waals surface area contributed by atoms with Crippen molar-refractivity contribution in [3.8, 4) is 0 Å². The molecule has 7 atom stereocenters. The Balaban J connectivity index is 1.56. The van der Waals surface area contributed by atoms with Gasteiger partial charge in [-0.2, -0.15) is 0 Å². The first-order valence-corrected chi connectivity index (χ1v) is 9.97. The smallest absolute Gasteiger partial charge is 0.314 e. The quantitative estimate of drug-likeness (QED) is 0.570. The molecule has 26 heavy (non-hydrogen) atoms. The van der Waals surface area contributed by atoms with Gasteiger partial charge in [0.1, 0.15) is 29.1 Å². The summed E-state index contributed by atoms with van der Waals surface area (Å²) in [4.78, 5) is 25.7. The summed E-state index contributed by atoms with van der Waals surface area (Å²) in [6.07, 6.45) is 6.51. The fraction of sp³-hybridized carbons (Fsp3) is 0.810. The predicted molar refractivity (Wildman–Crippen MR) is 95.1 cm³/mol. The number of rotatable bonds is 3. The van der Waals surface area contributed by atoms with E-state index in [0.717, 1.165) is 12.8 Å². The number of cyclic esters (lactones) is 1. The molecule has 2 bridgehead atoms. The Labute approximate surface area is 155 Å². The van der Waals surface area contributed by atoms with Gasteiger partial charge in [-0.3, -0.25) is 9.59 Å². The molecule has 5 nitrogen and oxygen atoms in total. The van der Waals surface area contributed by atoms with Crippen LogP contribution in [0.3, 0.4) is 0 Å². The normalized spacial score (nSPS) is 45.7. The first-order chi connectivity index (χ1) is 12.2. The van der Waals surface area contributed by atoms with Gasteiger partial charge >= 0.3 is 11.9 Å². The molecule has 3 fully saturated rings. The van der Waals surface area contributed by atoms with E-state index in [1.807, 2.05) is 26.0 Å². The molecule has 1 spiro atoms. The molecular weight excluding hydrogens is 332 g/mol. The molecule has 3 heterocycles. The molecule has 1 aliphatic carbocycles. The maximum atomic E-state index is 13.1. The summed E-state index contributed by atoms with van der Waals surface area (Å²) in [5.41, 5.74) is -1.61. The Morgan fingerprint density at radius 3 is 2.73 bits per heavy atom. The second-order valence-corrected chi connectivity index (χ2v) is 9.47. The van der Waals surface area contributed by atoms with E-state index in [4.69, 9.17) is 14.2 Å². The zero-order chi connectivity index (χ0) is 18.9. The van der Waals surface area contributed by atoms with Crippen molar-refractivity contribution < 1.29 is 23.8 Å². The summed E-state index contributed by atoms with van der Waals surface area (Å²) in [7, 11) is 0. The van der Waals surface area contributed by atoms with Gasteiger partial charge in [-0.05, 0) is 50.5 Å². The lowest BCUT2D eigenvalue weighted by molar-refractivity contribution is -0.169. The van der Waals surface area contributed by atoms with Crippen LogP contribution in [0.5, 0.6) is 0 Å². The van der Waals surface area contributed by atoms with Crippen LogP contribution in [0.15, 0.2) is 12.2 Å². The average molecular weight is 362 g/mol. The fourth-order valence-corrected chi connectivity index (χ4v) is 5.55. The molecule has 0 aromatic rings. The Bertz CT molecular complexity index is 651. The topological polar surface area (TPSA) is 61.8 Å². The van der Waals surface area contributed by atoms with Crippen LogP contribution in [0, 0.1) is 29.6 Å². The van der Waals surface area contributed by atoms with Crippen molar-refractivity contribution in [2.24, 2.45) is 29.6 Å². The molecule has 3 aliphatic heterocycles. The van der Waals surface area contributed by atoms with Crippen LogP contribution in [0.1, 0.15) is 53.9 Å². The third-order valence-electron chi connectivity index (χ3n) is 7.09. The summed E-state index contributed by atoms with van der Waals surface area (Å²) >= 11 is 0. The summed E-state index contributed by atoms with van der Waals surface area (Å²) in [5, 5.41) is 0. The van der Waals surface area contributed by atoms with E-state index in [-0.39, 0.29) is 18.0 Å². The van der Waals surface area contributed by atoms with Crippen LogP contribution < -0.4 is 0 Å². The van der Waals surface area contributed by atoms with Crippen molar-refractivity contribution in [2.45, 2.75) is 77.3 Å². The molecule has 0 N–H and O–H groups in total. The van der Waals surface area contributed by atoms with Crippen LogP contribution in [-0.4, -0.2) is 35.3 Å². The van der Waals surface area contributed by atoms with Crippen LogP contribution in [0.2, 0.25) is 0 Å². The van der Waals surface area contributed by atoms with Gasteiger partial charge in [0.15, 0.2) is 0 Å². The van der Waals surface area contributed by atoms with Gasteiger partial charge in [0.2, 0.25) is 0 Å². The highest BCUT2D eigenvalue weighted by atomic mass is 16.6. The molecule has 0 amide bonds. The zero-order valence-corrected chi connectivity index (χ0v) is 16.4. The van der Waals surface area contributed by atoms with E-state index in [1.165, 1.54) is 6.42 Å². The number of esters is 2. The highest BCUT2D eigenvalue weighted by molar-refractivity contribution is 5.88. The van der Waals surface area contributed by atoms with Crippen molar-refractivity contribution in [1.82, 2.24) is 0 Å². The number of fused-ring (bicyclic) bond motifs is 1. The molecule has 4 rings (SSSR count). The average Bonchev–Trinajstić information content (AvgIpc) is 3.16. The van der Waals surface area contributed by atoms with Crippen molar-refractivity contribution in [3.63, 3.8) is 0 Å². The first-order valence-electron chi connectivity index (χ1n) is 9.97. The summed E-state index contributed by atoms with van der Waals surface area (Å²) in [5.74, 6) is -0.435. The van der Waals surface area contributed by atoms with Crippen LogP contribution in [0.25, 0.3) is 0 Å². The van der Waals surface area contributed by atoms with Crippen LogP contribution in [-0.2, 0) is 23.8 Å². The zero-order valence-electron chi connectivity index (χ0n) is 16.4. The highest BCUT2D eigenvalue weighted by Crippen LogP contribution is 2.58. The Morgan fingerprint density at radius 2 is 2.04 bits per heavy atom. The lowest BCUT2D eigenvalue weighted by atomic mass is 9.71. The molecule has 0 unspecified atom stereocenters. The van der Waals surface area contributed by atoms with Gasteiger partial charge in [-0.25, -0.2) is 0 Å². The Morgan fingerprint density at radius 1 is 1.31 bits per heavy atom. The van der Waals surface area contributed by atoms with Crippen LogP contribution >= 0.6 is 0 Å². The van der Waals surface area contributed by atoms with Gasteiger partial charge in [0.25, 0.3) is 0 Å². The highest BCUT2D eigenvalue weighted by Gasteiger charge is 2.74. The third kappa shape index (κ3) is 2.39. The Kier molecular flexibility index (Phi) is 4.03. The minimum atomic E-state index is -0.838. The van der Waals surface area contributed by atoms with E-state index in [0.29, 0.717) is 17.8 Å². The number of carbonyl (C=O) groups is 2. The van der Waals surface area contributed by atoms with E-state index in [1.54, 1.807) is 0 Å². The van der Waals surface area contributed by atoms with E-state index in [2.05, 4.69) is 20.8 Å². The molecule has 0 radical (unpaired) electrons. The second kappa shape index (κ2) is 5.82. The SMILES string of the molecule is CC(C)[C@@H]1CC[C@@H](C)C[C@H]1OC(=O)[C@@H]1[C@H]2C(=O)OC(C)(C)[C@]23C=C[C@H]1O3. The third-order valence-corrected chi connectivity index (χ3v) is 7.09. The van der Waals surface area contributed by atoms with Gasteiger partial charge in [0, 0.05) is 0 Å². The molecular formula is C21H30O5. The maximum Gasteiger partial charge on any atom is 0.314 e. The second-order valence-electron chi connectivity index (χ2n) is 9.47. The molecule has 1 saturated carbocycles. The standard InChI is InChI=1S/C21H30O5/c1-11(2)13-7-6-12(3)10-15(13)24-18(22)16-14-8-9-21(25-14)17(16)19(23)26-20(21,4)5/h8-9,11-17H,6-7,10H2,1-5H3/t12-,13+,14-,15-,16+,17+,21+/m1/s1. The number of hydrogen-bond donors (Lipinski definition) is 0. The summed E-state index contributed by atoms with van der Waals surface area (Å²) in [6, 6.07) is 0. The minimum Gasteiger partial charge on any atom is -0.462 e. The molecule has 0 aromatic carbocycles. The van der Waals surface area contributed by atoms with Gasteiger partial charge in [-0.15, -0.1) is 0 Å². The van der Waals surface area contributed by atoms with Gasteiger partial charge < -0.3 is 14.2 Å². The Hall–Kier alpha value is -1.36. The lowest BCUT2D eigenvalue weighted by Gasteiger charge is -2.37. The van der Waals surface area contributed by atoms with Crippen molar-refractivity contribution in [3.05, 3.63) is 12.2 Å². The first kappa shape index (κ1) is 18.0. The van der Waals surface area contributed by atoms with E-state index < -0.39 is 29.1 Å². The molecule has 144 valence electrons. The largest absolute Gasteiger partial charge is 0.462 e. The van der Waals surface area contributed by atoms with Crippen LogP contribution in [0.4, 0.5) is 0 Å². The minimum absolute atomic E-state index is 0.0734.